The number of primary sulfonamides is 1. The second-order valence-electron chi connectivity index (χ2n) is 5.78. The van der Waals surface area contributed by atoms with Crippen molar-refractivity contribution in [3.63, 3.8) is 0 Å². The molecule has 7 heteroatoms. The molecule has 96 valence electrons. The third kappa shape index (κ3) is 2.84. The summed E-state index contributed by atoms with van der Waals surface area (Å²) in [4.78, 5) is 0. The van der Waals surface area contributed by atoms with Gasteiger partial charge in [-0.05, 0) is 18.3 Å². The van der Waals surface area contributed by atoms with Crippen LogP contribution in [0.25, 0.3) is 0 Å². The summed E-state index contributed by atoms with van der Waals surface area (Å²) in [7, 11) is -3.78. The standard InChI is InChI=1S/C10H18N4O2S/c1-10(2,3)6-8-12-13-9(17(11,15)16)14(8)7-4-5-7/h7H,4-6H2,1-3H3,(H2,11,15,16). The topological polar surface area (TPSA) is 90.9 Å². The van der Waals surface area contributed by atoms with Crippen molar-refractivity contribution in [3.05, 3.63) is 5.82 Å². The summed E-state index contributed by atoms with van der Waals surface area (Å²) >= 11 is 0. The molecule has 2 rings (SSSR count). The van der Waals surface area contributed by atoms with Gasteiger partial charge in [0.2, 0.25) is 0 Å². The summed E-state index contributed by atoms with van der Waals surface area (Å²) < 4.78 is 24.5. The molecule has 1 heterocycles. The molecule has 0 bridgehead atoms. The zero-order valence-corrected chi connectivity index (χ0v) is 11.2. The maximum atomic E-state index is 11.4. The maximum absolute atomic E-state index is 11.4. The van der Waals surface area contributed by atoms with Crippen LogP contribution in [-0.4, -0.2) is 23.2 Å². The number of hydrogen-bond donors (Lipinski definition) is 1. The molecule has 0 spiro atoms. The number of nitrogens with two attached hydrogens (primary N) is 1. The van der Waals surface area contributed by atoms with Gasteiger partial charge in [-0.2, -0.15) is 0 Å². The van der Waals surface area contributed by atoms with E-state index in [-0.39, 0.29) is 16.6 Å². The smallest absolute Gasteiger partial charge is 0.273 e. The Kier molecular flexibility index (Phi) is 2.78. The molecular formula is C10H18N4O2S. The molecule has 1 saturated carbocycles. The van der Waals surface area contributed by atoms with Crippen LogP contribution in [0.2, 0.25) is 0 Å². The predicted octanol–water partition coefficient (Wildman–Crippen LogP) is 0.849. The van der Waals surface area contributed by atoms with Crippen LogP contribution in [0, 0.1) is 5.41 Å². The fraction of sp³-hybridized carbons (Fsp3) is 0.800. The highest BCUT2D eigenvalue weighted by Gasteiger charge is 2.34. The van der Waals surface area contributed by atoms with E-state index in [4.69, 9.17) is 5.14 Å². The molecule has 2 N–H and O–H groups in total. The molecule has 0 radical (unpaired) electrons. The lowest BCUT2D eigenvalue weighted by atomic mass is 9.92. The second-order valence-corrected chi connectivity index (χ2v) is 7.24. The van der Waals surface area contributed by atoms with Crippen molar-refractivity contribution in [1.29, 1.82) is 0 Å². The Labute approximate surface area is 101 Å². The average Bonchev–Trinajstić information content (AvgIpc) is 2.84. The lowest BCUT2D eigenvalue weighted by Crippen LogP contribution is -2.20. The SMILES string of the molecule is CC(C)(C)Cc1nnc(S(N)(=O)=O)n1C1CC1. The summed E-state index contributed by atoms with van der Waals surface area (Å²) in [6, 6.07) is 0.204. The van der Waals surface area contributed by atoms with Crippen molar-refractivity contribution in [2.75, 3.05) is 0 Å². The summed E-state index contributed by atoms with van der Waals surface area (Å²) in [5.41, 5.74) is 0.0370. The molecule has 0 unspecified atom stereocenters. The van der Waals surface area contributed by atoms with Crippen molar-refractivity contribution in [2.45, 2.75) is 51.2 Å². The molecule has 1 aromatic rings. The first-order valence-corrected chi connectivity index (χ1v) is 7.20. The van der Waals surface area contributed by atoms with E-state index in [0.717, 1.165) is 12.8 Å². The van der Waals surface area contributed by atoms with Crippen molar-refractivity contribution >= 4 is 10.0 Å². The zero-order chi connectivity index (χ0) is 12.8. The van der Waals surface area contributed by atoms with E-state index in [0.29, 0.717) is 12.2 Å². The maximum Gasteiger partial charge on any atom is 0.273 e. The first-order valence-electron chi connectivity index (χ1n) is 5.65. The number of sulfonamides is 1. The number of hydrogen-bond acceptors (Lipinski definition) is 4. The van der Waals surface area contributed by atoms with Gasteiger partial charge in [0.05, 0.1) is 0 Å². The highest BCUT2D eigenvalue weighted by molar-refractivity contribution is 7.89. The summed E-state index contributed by atoms with van der Waals surface area (Å²) in [6.07, 6.45) is 2.63. The number of nitrogens with zero attached hydrogens (tertiary/aromatic N) is 3. The van der Waals surface area contributed by atoms with E-state index in [1.807, 2.05) is 0 Å². The quantitative estimate of drug-likeness (QED) is 0.870. The van der Waals surface area contributed by atoms with Gasteiger partial charge in [0, 0.05) is 12.5 Å². The van der Waals surface area contributed by atoms with Crippen LogP contribution in [0.4, 0.5) is 0 Å². The number of rotatable bonds is 3. The fourth-order valence-electron chi connectivity index (χ4n) is 1.80. The molecule has 0 amide bonds. The normalized spacial score (nSPS) is 17.4. The average molecular weight is 258 g/mol. The highest BCUT2D eigenvalue weighted by atomic mass is 32.2. The zero-order valence-electron chi connectivity index (χ0n) is 10.3. The fourth-order valence-corrected chi connectivity index (χ4v) is 2.48. The van der Waals surface area contributed by atoms with Gasteiger partial charge in [-0.3, -0.25) is 4.57 Å². The Bertz CT molecular complexity index is 523. The van der Waals surface area contributed by atoms with Crippen molar-refractivity contribution < 1.29 is 8.42 Å². The molecule has 0 saturated heterocycles. The van der Waals surface area contributed by atoms with Crippen LogP contribution in [0.15, 0.2) is 5.16 Å². The first-order chi connectivity index (χ1) is 7.68. The van der Waals surface area contributed by atoms with Gasteiger partial charge >= 0.3 is 0 Å². The Hall–Kier alpha value is -0.950. The van der Waals surface area contributed by atoms with Crippen LogP contribution in [0.1, 0.15) is 45.5 Å². The van der Waals surface area contributed by atoms with Crippen LogP contribution in [0.3, 0.4) is 0 Å². The minimum atomic E-state index is -3.78. The molecular weight excluding hydrogens is 240 g/mol. The molecule has 0 aromatic carbocycles. The molecule has 0 aliphatic heterocycles. The Balaban J connectivity index is 2.44. The van der Waals surface area contributed by atoms with E-state index in [1.165, 1.54) is 0 Å². The van der Waals surface area contributed by atoms with Gasteiger partial charge in [-0.1, -0.05) is 20.8 Å². The van der Waals surface area contributed by atoms with E-state index in [2.05, 4.69) is 31.0 Å². The van der Waals surface area contributed by atoms with Crippen LogP contribution in [0.5, 0.6) is 0 Å². The molecule has 1 aromatic heterocycles. The van der Waals surface area contributed by atoms with E-state index in [1.54, 1.807) is 4.57 Å². The highest BCUT2D eigenvalue weighted by Crippen LogP contribution is 2.38. The third-order valence-electron chi connectivity index (χ3n) is 2.59. The molecule has 1 aliphatic rings. The minimum absolute atomic E-state index is 0.0370. The Morgan fingerprint density at radius 2 is 1.94 bits per heavy atom. The van der Waals surface area contributed by atoms with Gasteiger partial charge in [-0.25, -0.2) is 13.6 Å². The first kappa shape index (κ1) is 12.5. The van der Waals surface area contributed by atoms with Crippen LogP contribution >= 0.6 is 0 Å². The van der Waals surface area contributed by atoms with Gasteiger partial charge in [0.1, 0.15) is 5.82 Å². The largest absolute Gasteiger partial charge is 0.298 e. The van der Waals surface area contributed by atoms with Crippen molar-refractivity contribution in [1.82, 2.24) is 14.8 Å². The van der Waals surface area contributed by atoms with Gasteiger partial charge in [0.15, 0.2) is 0 Å². The lowest BCUT2D eigenvalue weighted by molar-refractivity contribution is 0.388. The van der Waals surface area contributed by atoms with Crippen LogP contribution in [-0.2, 0) is 16.4 Å². The lowest BCUT2D eigenvalue weighted by Gasteiger charge is -2.18. The van der Waals surface area contributed by atoms with Gasteiger partial charge < -0.3 is 0 Å². The van der Waals surface area contributed by atoms with Gasteiger partial charge in [0.25, 0.3) is 15.2 Å². The Morgan fingerprint density at radius 1 is 1.35 bits per heavy atom. The van der Waals surface area contributed by atoms with Gasteiger partial charge in [-0.15, -0.1) is 10.2 Å². The van der Waals surface area contributed by atoms with E-state index < -0.39 is 10.0 Å². The predicted molar refractivity (Wildman–Crippen MR) is 62.8 cm³/mol. The second kappa shape index (κ2) is 3.78. The van der Waals surface area contributed by atoms with E-state index in [9.17, 15) is 8.42 Å². The molecule has 17 heavy (non-hydrogen) atoms. The summed E-state index contributed by atoms with van der Waals surface area (Å²) in [5, 5.41) is 12.8. The van der Waals surface area contributed by atoms with Crippen LogP contribution < -0.4 is 5.14 Å². The van der Waals surface area contributed by atoms with Crippen molar-refractivity contribution in [2.24, 2.45) is 10.6 Å². The monoisotopic (exact) mass is 258 g/mol. The van der Waals surface area contributed by atoms with E-state index >= 15 is 0 Å². The summed E-state index contributed by atoms with van der Waals surface area (Å²) in [5.74, 6) is 0.712. The molecule has 6 nitrogen and oxygen atoms in total. The number of aromatic nitrogens is 3. The minimum Gasteiger partial charge on any atom is -0.298 e. The molecule has 1 aliphatic carbocycles. The Morgan fingerprint density at radius 3 is 2.35 bits per heavy atom. The molecule has 1 fully saturated rings. The third-order valence-corrected chi connectivity index (χ3v) is 3.38. The summed E-state index contributed by atoms with van der Waals surface area (Å²) in [6.45, 7) is 6.24. The van der Waals surface area contributed by atoms with Crippen molar-refractivity contribution in [3.8, 4) is 0 Å². The molecule has 0 atom stereocenters.